The molecule has 0 aliphatic heterocycles. The van der Waals surface area contributed by atoms with Gasteiger partial charge < -0.3 is 16.0 Å². The normalized spacial score (nSPS) is 10.3. The van der Waals surface area contributed by atoms with E-state index in [0.717, 1.165) is 17.7 Å². The molecular formula is C22H19F2N3O2. The Morgan fingerprint density at radius 3 is 2.17 bits per heavy atom. The summed E-state index contributed by atoms with van der Waals surface area (Å²) in [4.78, 5) is 24.7. The average molecular weight is 395 g/mol. The Morgan fingerprint density at radius 2 is 1.45 bits per heavy atom. The van der Waals surface area contributed by atoms with Gasteiger partial charge >= 0.3 is 0 Å². The molecule has 0 aliphatic rings. The highest BCUT2D eigenvalue weighted by atomic mass is 19.1. The second kappa shape index (κ2) is 9.45. The molecular weight excluding hydrogens is 376 g/mol. The SMILES string of the molecule is O=C(CNc1c(F)cccc1F)Nc1ccccc1C(=O)NCc1ccccc1. The van der Waals surface area contributed by atoms with Gasteiger partial charge in [0.2, 0.25) is 5.91 Å². The van der Waals surface area contributed by atoms with Crippen molar-refractivity contribution < 1.29 is 18.4 Å². The van der Waals surface area contributed by atoms with Gasteiger partial charge in [0, 0.05) is 6.54 Å². The molecule has 3 aromatic rings. The standard InChI is InChI=1S/C22H19F2N3O2/c23-17-10-6-11-18(24)21(17)25-14-20(28)27-19-12-5-4-9-16(19)22(29)26-13-15-7-2-1-3-8-15/h1-12,25H,13-14H2,(H,26,29)(H,27,28). The van der Waals surface area contributed by atoms with E-state index in [1.165, 1.54) is 6.07 Å². The van der Waals surface area contributed by atoms with Crippen molar-refractivity contribution in [1.29, 1.82) is 0 Å². The molecule has 0 saturated carbocycles. The number of rotatable bonds is 7. The van der Waals surface area contributed by atoms with Crippen molar-refractivity contribution in [2.75, 3.05) is 17.2 Å². The fourth-order valence-electron chi connectivity index (χ4n) is 2.69. The maximum atomic E-state index is 13.6. The summed E-state index contributed by atoms with van der Waals surface area (Å²) in [6.07, 6.45) is 0. The van der Waals surface area contributed by atoms with Gasteiger partial charge in [-0.15, -0.1) is 0 Å². The Kier molecular flexibility index (Phi) is 6.52. The van der Waals surface area contributed by atoms with Crippen LogP contribution >= 0.6 is 0 Å². The smallest absolute Gasteiger partial charge is 0.253 e. The second-order valence-corrected chi connectivity index (χ2v) is 6.21. The van der Waals surface area contributed by atoms with Gasteiger partial charge in [-0.05, 0) is 29.8 Å². The predicted octanol–water partition coefficient (Wildman–Crippen LogP) is 3.95. The molecule has 3 rings (SSSR count). The van der Waals surface area contributed by atoms with Crippen molar-refractivity contribution in [3.05, 3.63) is 95.6 Å². The number of hydrogen-bond donors (Lipinski definition) is 3. The molecule has 29 heavy (non-hydrogen) atoms. The van der Waals surface area contributed by atoms with Crippen LogP contribution < -0.4 is 16.0 Å². The van der Waals surface area contributed by atoms with Crippen LogP contribution in [0.5, 0.6) is 0 Å². The summed E-state index contributed by atoms with van der Waals surface area (Å²) in [7, 11) is 0. The highest BCUT2D eigenvalue weighted by molar-refractivity contribution is 6.04. The summed E-state index contributed by atoms with van der Waals surface area (Å²) in [6, 6.07) is 19.4. The lowest BCUT2D eigenvalue weighted by Gasteiger charge is -2.13. The van der Waals surface area contributed by atoms with Gasteiger partial charge in [-0.3, -0.25) is 9.59 Å². The van der Waals surface area contributed by atoms with Crippen molar-refractivity contribution in [2.45, 2.75) is 6.54 Å². The maximum Gasteiger partial charge on any atom is 0.253 e. The van der Waals surface area contributed by atoms with Crippen molar-refractivity contribution in [1.82, 2.24) is 5.32 Å². The van der Waals surface area contributed by atoms with E-state index in [1.807, 2.05) is 30.3 Å². The van der Waals surface area contributed by atoms with Crippen LogP contribution in [0, 0.1) is 11.6 Å². The number of hydrogen-bond acceptors (Lipinski definition) is 3. The van der Waals surface area contributed by atoms with Gasteiger partial charge in [-0.1, -0.05) is 48.5 Å². The van der Waals surface area contributed by atoms with Crippen LogP contribution in [0.2, 0.25) is 0 Å². The summed E-state index contributed by atoms with van der Waals surface area (Å²) >= 11 is 0. The van der Waals surface area contributed by atoms with Crippen LogP contribution in [0.15, 0.2) is 72.8 Å². The summed E-state index contributed by atoms with van der Waals surface area (Å²) in [5, 5.41) is 7.82. The molecule has 0 spiro atoms. The zero-order valence-corrected chi connectivity index (χ0v) is 15.4. The van der Waals surface area contributed by atoms with Crippen LogP contribution in [-0.4, -0.2) is 18.4 Å². The Balaban J connectivity index is 1.62. The summed E-state index contributed by atoms with van der Waals surface area (Å²) in [6.45, 7) is -0.0199. The highest BCUT2D eigenvalue weighted by Crippen LogP contribution is 2.18. The predicted molar refractivity (Wildman–Crippen MR) is 108 cm³/mol. The van der Waals surface area contributed by atoms with E-state index in [2.05, 4.69) is 16.0 Å². The van der Waals surface area contributed by atoms with E-state index in [9.17, 15) is 18.4 Å². The number of carbonyl (C=O) groups excluding carboxylic acids is 2. The second-order valence-electron chi connectivity index (χ2n) is 6.21. The molecule has 0 radical (unpaired) electrons. The quantitative estimate of drug-likeness (QED) is 0.567. The highest BCUT2D eigenvalue weighted by Gasteiger charge is 2.14. The van der Waals surface area contributed by atoms with Gasteiger partial charge in [0.05, 0.1) is 17.8 Å². The lowest BCUT2D eigenvalue weighted by Crippen LogP contribution is -2.27. The van der Waals surface area contributed by atoms with Gasteiger partial charge in [0.15, 0.2) is 0 Å². The largest absolute Gasteiger partial charge is 0.371 e. The molecule has 0 heterocycles. The molecule has 0 atom stereocenters. The number of nitrogens with one attached hydrogen (secondary N) is 3. The van der Waals surface area contributed by atoms with Gasteiger partial charge in [0.25, 0.3) is 5.91 Å². The molecule has 0 bridgehead atoms. The molecule has 0 saturated heterocycles. The number of benzene rings is 3. The minimum atomic E-state index is -0.793. The van der Waals surface area contributed by atoms with E-state index >= 15 is 0 Å². The molecule has 0 fully saturated rings. The third kappa shape index (κ3) is 5.38. The van der Waals surface area contributed by atoms with Crippen LogP contribution in [0.3, 0.4) is 0 Å². The molecule has 5 nitrogen and oxygen atoms in total. The van der Waals surface area contributed by atoms with Gasteiger partial charge in [-0.25, -0.2) is 8.78 Å². The first-order valence-electron chi connectivity index (χ1n) is 8.93. The van der Waals surface area contributed by atoms with Gasteiger partial charge in [0.1, 0.15) is 17.3 Å². The number of para-hydroxylation sites is 2. The molecule has 7 heteroatoms. The van der Waals surface area contributed by atoms with Crippen molar-refractivity contribution in [2.24, 2.45) is 0 Å². The summed E-state index contributed by atoms with van der Waals surface area (Å²) in [5.41, 5.74) is 1.16. The molecule has 2 amide bonds. The summed E-state index contributed by atoms with van der Waals surface area (Å²) in [5.74, 6) is -2.48. The van der Waals surface area contributed by atoms with E-state index in [1.54, 1.807) is 24.3 Å². The number of anilines is 2. The van der Waals surface area contributed by atoms with E-state index in [-0.39, 0.29) is 23.7 Å². The topological polar surface area (TPSA) is 70.2 Å². The third-order valence-electron chi connectivity index (χ3n) is 4.13. The van der Waals surface area contributed by atoms with E-state index in [0.29, 0.717) is 12.2 Å². The van der Waals surface area contributed by atoms with Crippen LogP contribution in [0.1, 0.15) is 15.9 Å². The molecule has 3 aromatic carbocycles. The zero-order chi connectivity index (χ0) is 20.6. The van der Waals surface area contributed by atoms with Crippen molar-refractivity contribution >= 4 is 23.2 Å². The first-order valence-corrected chi connectivity index (χ1v) is 8.93. The lowest BCUT2D eigenvalue weighted by molar-refractivity contribution is -0.114. The molecule has 3 N–H and O–H groups in total. The summed E-state index contributed by atoms with van der Waals surface area (Å²) < 4.78 is 27.3. The molecule has 0 aliphatic carbocycles. The van der Waals surface area contributed by atoms with Crippen LogP contribution in [0.25, 0.3) is 0 Å². The minimum Gasteiger partial charge on any atom is -0.371 e. The lowest BCUT2D eigenvalue weighted by atomic mass is 10.1. The monoisotopic (exact) mass is 395 g/mol. The zero-order valence-electron chi connectivity index (χ0n) is 15.4. The third-order valence-corrected chi connectivity index (χ3v) is 4.13. The fraction of sp³-hybridized carbons (Fsp3) is 0.0909. The minimum absolute atomic E-state index is 0.286. The van der Waals surface area contributed by atoms with Crippen molar-refractivity contribution in [3.8, 4) is 0 Å². The number of carbonyl (C=O) groups is 2. The van der Waals surface area contributed by atoms with Crippen molar-refractivity contribution in [3.63, 3.8) is 0 Å². The number of amides is 2. The molecule has 0 unspecified atom stereocenters. The van der Waals surface area contributed by atoms with Gasteiger partial charge in [-0.2, -0.15) is 0 Å². The first-order chi connectivity index (χ1) is 14.0. The molecule has 148 valence electrons. The Hall–Kier alpha value is -3.74. The van der Waals surface area contributed by atoms with Crippen LogP contribution in [-0.2, 0) is 11.3 Å². The Labute approximate surface area is 166 Å². The average Bonchev–Trinajstić information content (AvgIpc) is 2.73. The Bertz CT molecular complexity index is 990. The fourth-order valence-corrected chi connectivity index (χ4v) is 2.69. The number of halogens is 2. The maximum absolute atomic E-state index is 13.6. The van der Waals surface area contributed by atoms with Crippen LogP contribution in [0.4, 0.5) is 20.2 Å². The van der Waals surface area contributed by atoms with E-state index in [4.69, 9.17) is 0 Å². The Morgan fingerprint density at radius 1 is 0.793 bits per heavy atom. The molecule has 0 aromatic heterocycles. The first kappa shape index (κ1) is 20.0. The van der Waals surface area contributed by atoms with E-state index < -0.39 is 17.5 Å².